The van der Waals surface area contributed by atoms with Gasteiger partial charge >= 0.3 is 6.18 Å². The van der Waals surface area contributed by atoms with Crippen molar-refractivity contribution in [1.82, 2.24) is 5.32 Å². The highest BCUT2D eigenvalue weighted by atomic mass is 19.4. The molecule has 1 aromatic carbocycles. The van der Waals surface area contributed by atoms with E-state index in [2.05, 4.69) is 12.2 Å². The largest absolute Gasteiger partial charge is 0.416 e. The third kappa shape index (κ3) is 3.72. The zero-order valence-electron chi connectivity index (χ0n) is 11.1. The highest BCUT2D eigenvalue weighted by molar-refractivity contribution is 5.27. The lowest BCUT2D eigenvalue weighted by atomic mass is 9.81. The van der Waals surface area contributed by atoms with Crippen molar-refractivity contribution >= 4 is 0 Å². The molecule has 1 fully saturated rings. The van der Waals surface area contributed by atoms with Gasteiger partial charge in [0.05, 0.1) is 5.56 Å². The van der Waals surface area contributed by atoms with Crippen molar-refractivity contribution in [3.05, 3.63) is 35.4 Å². The van der Waals surface area contributed by atoms with E-state index in [4.69, 9.17) is 0 Å². The molecule has 0 saturated heterocycles. The molecule has 1 N–H and O–H groups in total. The molecular formula is C15H20F3N. The van der Waals surface area contributed by atoms with E-state index < -0.39 is 11.7 Å². The predicted octanol–water partition coefficient (Wildman–Crippen LogP) is 4.34. The number of hydrogen-bond acceptors (Lipinski definition) is 1. The first-order chi connectivity index (χ1) is 9.00. The molecule has 0 spiro atoms. The summed E-state index contributed by atoms with van der Waals surface area (Å²) in [6.07, 6.45) is 0.179. The van der Waals surface area contributed by atoms with Crippen molar-refractivity contribution < 1.29 is 13.2 Å². The topological polar surface area (TPSA) is 12.0 Å². The fraction of sp³-hybridized carbons (Fsp3) is 0.600. The van der Waals surface area contributed by atoms with Crippen LogP contribution in [0.3, 0.4) is 0 Å². The summed E-state index contributed by atoms with van der Waals surface area (Å²) in [6.45, 7) is 3.03. The van der Waals surface area contributed by atoms with Gasteiger partial charge in [-0.2, -0.15) is 13.2 Å². The first kappa shape index (κ1) is 14.4. The second-order valence-corrected chi connectivity index (χ2v) is 5.24. The monoisotopic (exact) mass is 271 g/mol. The molecule has 106 valence electrons. The predicted molar refractivity (Wildman–Crippen MR) is 70.1 cm³/mol. The molecule has 0 amide bonds. The van der Waals surface area contributed by atoms with Crippen LogP contribution in [0, 0.1) is 0 Å². The number of hydrogen-bond donors (Lipinski definition) is 1. The van der Waals surface area contributed by atoms with Crippen molar-refractivity contribution in [2.24, 2.45) is 0 Å². The van der Waals surface area contributed by atoms with Crippen LogP contribution in [0.5, 0.6) is 0 Å². The normalized spacial score (nSPS) is 24.4. The fourth-order valence-electron chi connectivity index (χ4n) is 2.91. The van der Waals surface area contributed by atoms with Crippen LogP contribution in [-0.4, -0.2) is 12.6 Å². The van der Waals surface area contributed by atoms with Gasteiger partial charge in [-0.15, -0.1) is 0 Å². The van der Waals surface area contributed by atoms with E-state index in [1.807, 2.05) is 0 Å². The smallest absolute Gasteiger partial charge is 0.314 e. The van der Waals surface area contributed by atoms with Gasteiger partial charge in [0.25, 0.3) is 0 Å². The van der Waals surface area contributed by atoms with Crippen LogP contribution < -0.4 is 5.32 Å². The van der Waals surface area contributed by atoms with Crippen molar-refractivity contribution in [1.29, 1.82) is 0 Å². The molecule has 4 heteroatoms. The van der Waals surface area contributed by atoms with Crippen molar-refractivity contribution in [2.45, 2.75) is 50.7 Å². The summed E-state index contributed by atoms with van der Waals surface area (Å²) in [7, 11) is 0. The minimum absolute atomic E-state index is 0.389. The molecular weight excluding hydrogens is 251 g/mol. The second-order valence-electron chi connectivity index (χ2n) is 5.24. The number of rotatable bonds is 3. The summed E-state index contributed by atoms with van der Waals surface area (Å²) < 4.78 is 37.5. The number of nitrogens with one attached hydrogen (secondary N) is 1. The number of halogens is 3. The fourth-order valence-corrected chi connectivity index (χ4v) is 2.91. The molecule has 0 heterocycles. The zero-order chi connectivity index (χ0) is 13.9. The summed E-state index contributed by atoms with van der Waals surface area (Å²) in [5, 5.41) is 3.44. The van der Waals surface area contributed by atoms with E-state index in [1.165, 1.54) is 18.6 Å². The molecule has 1 aliphatic carbocycles. The van der Waals surface area contributed by atoms with E-state index in [0.29, 0.717) is 12.0 Å². The van der Waals surface area contributed by atoms with Crippen LogP contribution in [0.2, 0.25) is 0 Å². The summed E-state index contributed by atoms with van der Waals surface area (Å²) in [6, 6.07) is 6.19. The molecule has 1 aliphatic rings. The summed E-state index contributed by atoms with van der Waals surface area (Å²) >= 11 is 0. The van der Waals surface area contributed by atoms with Gasteiger partial charge in [0, 0.05) is 6.04 Å². The first-order valence-corrected chi connectivity index (χ1v) is 6.91. The Hall–Kier alpha value is -1.03. The van der Waals surface area contributed by atoms with Gasteiger partial charge in [-0.05, 0) is 49.4 Å². The van der Waals surface area contributed by atoms with Gasteiger partial charge in [-0.25, -0.2) is 0 Å². The lowest BCUT2D eigenvalue weighted by molar-refractivity contribution is -0.137. The van der Waals surface area contributed by atoms with E-state index in [-0.39, 0.29) is 0 Å². The molecule has 0 aliphatic heterocycles. The number of alkyl halides is 3. The van der Waals surface area contributed by atoms with Crippen LogP contribution in [-0.2, 0) is 6.18 Å². The van der Waals surface area contributed by atoms with Crippen LogP contribution >= 0.6 is 0 Å². The second kappa shape index (κ2) is 5.95. The lowest BCUT2D eigenvalue weighted by Crippen LogP contribution is -2.33. The average molecular weight is 271 g/mol. The number of benzene rings is 1. The molecule has 2 rings (SSSR count). The Bertz CT molecular complexity index is 395. The van der Waals surface area contributed by atoms with Gasteiger partial charge in [0.2, 0.25) is 0 Å². The molecule has 0 radical (unpaired) electrons. The minimum Gasteiger partial charge on any atom is -0.314 e. The molecule has 1 nitrogen and oxygen atoms in total. The van der Waals surface area contributed by atoms with Crippen LogP contribution in [0.25, 0.3) is 0 Å². The maximum Gasteiger partial charge on any atom is 0.416 e. The maximum absolute atomic E-state index is 12.5. The Balaban J connectivity index is 2.05. The van der Waals surface area contributed by atoms with Crippen molar-refractivity contribution in [3.63, 3.8) is 0 Å². The maximum atomic E-state index is 12.5. The van der Waals surface area contributed by atoms with E-state index in [0.717, 1.165) is 31.4 Å². The molecule has 0 bridgehead atoms. The van der Waals surface area contributed by atoms with Gasteiger partial charge in [-0.3, -0.25) is 0 Å². The molecule has 1 aromatic rings. The Kier molecular flexibility index (Phi) is 4.50. The van der Waals surface area contributed by atoms with E-state index in [1.54, 1.807) is 12.1 Å². The van der Waals surface area contributed by atoms with Crippen LogP contribution in [0.1, 0.15) is 49.7 Å². The Morgan fingerprint density at radius 3 is 2.42 bits per heavy atom. The molecule has 2 atom stereocenters. The Morgan fingerprint density at radius 1 is 1.16 bits per heavy atom. The summed E-state index contributed by atoms with van der Waals surface area (Å²) in [5.74, 6) is 0.389. The van der Waals surface area contributed by atoms with Crippen molar-refractivity contribution in [2.75, 3.05) is 6.54 Å². The Morgan fingerprint density at radius 2 is 1.84 bits per heavy atom. The highest BCUT2D eigenvalue weighted by Crippen LogP contribution is 2.35. The molecule has 19 heavy (non-hydrogen) atoms. The van der Waals surface area contributed by atoms with Gasteiger partial charge < -0.3 is 5.32 Å². The van der Waals surface area contributed by atoms with Crippen molar-refractivity contribution in [3.8, 4) is 0 Å². The van der Waals surface area contributed by atoms with Crippen LogP contribution in [0.15, 0.2) is 24.3 Å². The van der Waals surface area contributed by atoms with E-state index in [9.17, 15) is 13.2 Å². The summed E-state index contributed by atoms with van der Waals surface area (Å²) in [5.41, 5.74) is 0.478. The summed E-state index contributed by atoms with van der Waals surface area (Å²) in [4.78, 5) is 0. The minimum atomic E-state index is -4.24. The quantitative estimate of drug-likeness (QED) is 0.862. The lowest BCUT2D eigenvalue weighted by Gasteiger charge is -2.30. The SMILES string of the molecule is CCNC1CCCC(c2ccc(C(F)(F)F)cc2)C1. The third-order valence-electron chi connectivity index (χ3n) is 3.88. The average Bonchev–Trinajstić information content (AvgIpc) is 2.39. The zero-order valence-corrected chi connectivity index (χ0v) is 11.1. The molecule has 1 saturated carbocycles. The molecule has 2 unspecified atom stereocenters. The van der Waals surface area contributed by atoms with Gasteiger partial charge in [0.1, 0.15) is 0 Å². The van der Waals surface area contributed by atoms with Gasteiger partial charge in [-0.1, -0.05) is 25.5 Å². The van der Waals surface area contributed by atoms with Gasteiger partial charge in [0.15, 0.2) is 0 Å². The van der Waals surface area contributed by atoms with Crippen LogP contribution in [0.4, 0.5) is 13.2 Å². The first-order valence-electron chi connectivity index (χ1n) is 6.91. The Labute approximate surface area is 112 Å². The highest BCUT2D eigenvalue weighted by Gasteiger charge is 2.30. The molecule has 0 aromatic heterocycles. The van der Waals surface area contributed by atoms with E-state index >= 15 is 0 Å². The standard InChI is InChI=1S/C15H20F3N/c1-2-19-14-5-3-4-12(10-14)11-6-8-13(9-7-11)15(16,17)18/h6-9,12,14,19H,2-5,10H2,1H3. The third-order valence-corrected chi connectivity index (χ3v) is 3.88.